The molecule has 0 saturated carbocycles. The molecule has 0 radical (unpaired) electrons. The van der Waals surface area contributed by atoms with Crippen molar-refractivity contribution in [3.05, 3.63) is 5.21 Å². The maximum Gasteiger partial charge on any atom is 0.189 e. The van der Waals surface area contributed by atoms with Crippen LogP contribution < -0.4 is 0 Å². The second kappa shape index (κ2) is 9.86. The monoisotopic (exact) mass is 245 g/mol. The predicted molar refractivity (Wildman–Crippen MR) is 73.3 cm³/mol. The van der Waals surface area contributed by atoms with Crippen LogP contribution >= 0.6 is 0 Å². The largest absolute Gasteiger partial charge is 0.631 e. The number of aliphatic hydroxyl groups is 1. The summed E-state index contributed by atoms with van der Waals surface area (Å²) in [5.41, 5.74) is 0. The van der Waals surface area contributed by atoms with Crippen molar-refractivity contribution in [2.24, 2.45) is 0 Å². The van der Waals surface area contributed by atoms with Gasteiger partial charge in [0.25, 0.3) is 0 Å². The lowest BCUT2D eigenvalue weighted by molar-refractivity contribution is -0.891. The molecule has 0 aromatic rings. The summed E-state index contributed by atoms with van der Waals surface area (Å²) in [6.07, 6.45) is 11.3. The first-order chi connectivity index (χ1) is 7.98. The van der Waals surface area contributed by atoms with Crippen LogP contribution in [0.4, 0.5) is 0 Å². The van der Waals surface area contributed by atoms with Gasteiger partial charge in [-0.05, 0) is 6.42 Å². The van der Waals surface area contributed by atoms with Crippen LogP contribution in [-0.4, -0.2) is 30.1 Å². The molecule has 0 aromatic heterocycles. The third-order valence-corrected chi connectivity index (χ3v) is 3.28. The summed E-state index contributed by atoms with van der Waals surface area (Å²) in [7, 11) is 3.00. The van der Waals surface area contributed by atoms with E-state index in [1.807, 2.05) is 0 Å². The Labute approximate surface area is 107 Å². The van der Waals surface area contributed by atoms with Crippen molar-refractivity contribution >= 4 is 0 Å². The Balaban J connectivity index is 3.19. The van der Waals surface area contributed by atoms with Crippen molar-refractivity contribution in [1.29, 1.82) is 0 Å². The molecule has 3 nitrogen and oxygen atoms in total. The number of quaternary nitrogens is 1. The summed E-state index contributed by atoms with van der Waals surface area (Å²) in [5, 5.41) is 20.9. The lowest BCUT2D eigenvalue weighted by Crippen LogP contribution is -2.43. The summed E-state index contributed by atoms with van der Waals surface area (Å²) in [6.45, 7) is 2.24. The zero-order chi connectivity index (χ0) is 13.1. The van der Waals surface area contributed by atoms with Crippen LogP contribution in [0.15, 0.2) is 0 Å². The summed E-state index contributed by atoms with van der Waals surface area (Å²) in [5.74, 6) is 0. The van der Waals surface area contributed by atoms with Gasteiger partial charge in [0.15, 0.2) is 6.23 Å². The second-order valence-electron chi connectivity index (χ2n) is 5.53. The average molecular weight is 245 g/mol. The van der Waals surface area contributed by atoms with Crippen LogP contribution in [0.5, 0.6) is 0 Å². The molecule has 104 valence electrons. The van der Waals surface area contributed by atoms with Gasteiger partial charge in [-0.3, -0.25) is 0 Å². The Kier molecular flexibility index (Phi) is 9.79. The maximum atomic E-state index is 11.4. The van der Waals surface area contributed by atoms with Crippen molar-refractivity contribution < 1.29 is 9.75 Å². The van der Waals surface area contributed by atoms with E-state index in [-0.39, 0.29) is 0 Å². The highest BCUT2D eigenvalue weighted by molar-refractivity contribution is 4.49. The fourth-order valence-electron chi connectivity index (χ4n) is 1.95. The van der Waals surface area contributed by atoms with Crippen molar-refractivity contribution in [3.63, 3.8) is 0 Å². The molecule has 0 aliphatic rings. The van der Waals surface area contributed by atoms with E-state index in [2.05, 4.69) is 6.92 Å². The number of hydrogen-bond donors (Lipinski definition) is 1. The summed E-state index contributed by atoms with van der Waals surface area (Å²) < 4.78 is -0.586. The van der Waals surface area contributed by atoms with E-state index in [0.717, 1.165) is 12.8 Å². The first-order valence-electron chi connectivity index (χ1n) is 7.21. The number of rotatable bonds is 11. The Hall–Kier alpha value is -0.120. The number of nitrogens with zero attached hydrogens (tertiary/aromatic N) is 1. The predicted octanol–water partition coefficient (Wildman–Crippen LogP) is 3.80. The molecule has 1 unspecified atom stereocenters. The zero-order valence-electron chi connectivity index (χ0n) is 12.0. The molecule has 3 heteroatoms. The zero-order valence-corrected chi connectivity index (χ0v) is 12.0. The standard InChI is InChI=1S/C14H31NO2/c1-4-5-6-7-8-9-10-11-12-13-14(16)15(2,3)17/h14,16H,4-13H2,1-3H3. The van der Waals surface area contributed by atoms with Gasteiger partial charge in [-0.2, -0.15) is 0 Å². The third kappa shape index (κ3) is 10.7. The van der Waals surface area contributed by atoms with Gasteiger partial charge in [0.1, 0.15) is 0 Å². The quantitative estimate of drug-likeness (QED) is 0.260. The molecule has 0 aliphatic heterocycles. The highest BCUT2D eigenvalue weighted by Crippen LogP contribution is 2.13. The van der Waals surface area contributed by atoms with E-state index in [1.54, 1.807) is 0 Å². The molecule has 0 aliphatic carbocycles. The lowest BCUT2D eigenvalue weighted by Gasteiger charge is -2.38. The molecule has 1 N–H and O–H groups in total. The van der Waals surface area contributed by atoms with Gasteiger partial charge in [-0.25, -0.2) is 0 Å². The van der Waals surface area contributed by atoms with Gasteiger partial charge in [-0.1, -0.05) is 58.3 Å². The summed E-state index contributed by atoms with van der Waals surface area (Å²) >= 11 is 0. The molecular weight excluding hydrogens is 214 g/mol. The highest BCUT2D eigenvalue weighted by atomic mass is 16.6. The SMILES string of the molecule is CCCCCCCCCCCC(O)[N+](C)(C)[O-]. The lowest BCUT2D eigenvalue weighted by atomic mass is 10.1. The summed E-state index contributed by atoms with van der Waals surface area (Å²) in [6, 6.07) is 0. The van der Waals surface area contributed by atoms with Gasteiger partial charge in [0.05, 0.1) is 14.1 Å². The van der Waals surface area contributed by atoms with Gasteiger partial charge in [0, 0.05) is 6.42 Å². The van der Waals surface area contributed by atoms with Crippen LogP contribution in [0.1, 0.15) is 71.1 Å². The van der Waals surface area contributed by atoms with E-state index < -0.39 is 10.9 Å². The van der Waals surface area contributed by atoms with Gasteiger partial charge < -0.3 is 15.0 Å². The van der Waals surface area contributed by atoms with Crippen LogP contribution in [-0.2, 0) is 0 Å². The van der Waals surface area contributed by atoms with Gasteiger partial charge >= 0.3 is 0 Å². The minimum Gasteiger partial charge on any atom is -0.631 e. The Morgan fingerprint density at radius 3 is 1.71 bits per heavy atom. The molecular formula is C14H31NO2. The van der Waals surface area contributed by atoms with Crippen molar-refractivity contribution in [1.82, 2.24) is 0 Å². The van der Waals surface area contributed by atoms with Crippen molar-refractivity contribution in [2.75, 3.05) is 14.1 Å². The summed E-state index contributed by atoms with van der Waals surface area (Å²) in [4.78, 5) is 0. The molecule has 0 fully saturated rings. The first kappa shape index (κ1) is 16.9. The van der Waals surface area contributed by atoms with Crippen molar-refractivity contribution in [3.8, 4) is 0 Å². The van der Waals surface area contributed by atoms with E-state index in [4.69, 9.17) is 0 Å². The number of aliphatic hydroxyl groups excluding tert-OH is 1. The van der Waals surface area contributed by atoms with Crippen LogP contribution in [0.3, 0.4) is 0 Å². The first-order valence-corrected chi connectivity index (χ1v) is 7.21. The Bertz CT molecular complexity index is 166. The molecule has 0 bridgehead atoms. The van der Waals surface area contributed by atoms with Crippen molar-refractivity contribution in [2.45, 2.75) is 77.4 Å². The minimum absolute atomic E-state index is 0.586. The normalized spacial score (nSPS) is 13.9. The molecule has 0 amide bonds. The molecule has 0 spiro atoms. The average Bonchev–Trinajstić information content (AvgIpc) is 2.25. The van der Waals surface area contributed by atoms with Gasteiger partial charge in [0.2, 0.25) is 0 Å². The molecule has 0 rings (SSSR count). The molecule has 0 saturated heterocycles. The van der Waals surface area contributed by atoms with E-state index >= 15 is 0 Å². The Morgan fingerprint density at radius 2 is 1.29 bits per heavy atom. The number of hydrogen-bond acceptors (Lipinski definition) is 2. The number of hydroxylamine groups is 3. The highest BCUT2D eigenvalue weighted by Gasteiger charge is 2.15. The van der Waals surface area contributed by atoms with Crippen LogP contribution in [0.25, 0.3) is 0 Å². The minimum atomic E-state index is -0.750. The van der Waals surface area contributed by atoms with Gasteiger partial charge in [-0.15, -0.1) is 0 Å². The smallest absolute Gasteiger partial charge is 0.189 e. The molecule has 1 atom stereocenters. The maximum absolute atomic E-state index is 11.4. The molecule has 0 aromatic carbocycles. The molecule has 17 heavy (non-hydrogen) atoms. The van der Waals surface area contributed by atoms with E-state index in [9.17, 15) is 10.3 Å². The Morgan fingerprint density at radius 1 is 0.882 bits per heavy atom. The van der Waals surface area contributed by atoms with E-state index in [0.29, 0.717) is 6.42 Å². The number of unbranched alkanes of at least 4 members (excludes halogenated alkanes) is 8. The van der Waals surface area contributed by atoms with E-state index in [1.165, 1.54) is 59.0 Å². The third-order valence-electron chi connectivity index (χ3n) is 3.28. The topological polar surface area (TPSA) is 43.3 Å². The molecule has 0 heterocycles. The van der Waals surface area contributed by atoms with Crippen LogP contribution in [0.2, 0.25) is 0 Å². The van der Waals surface area contributed by atoms with Crippen LogP contribution in [0, 0.1) is 5.21 Å². The fraction of sp³-hybridized carbons (Fsp3) is 1.00. The fourth-order valence-corrected chi connectivity index (χ4v) is 1.95. The second-order valence-corrected chi connectivity index (χ2v) is 5.53.